The fourth-order valence-electron chi connectivity index (χ4n) is 6.22. The molecule has 0 unspecified atom stereocenters. The summed E-state index contributed by atoms with van der Waals surface area (Å²) in [4.78, 5) is 74.5. The average Bonchev–Trinajstić information content (AvgIpc) is 3.84. The van der Waals surface area contributed by atoms with Gasteiger partial charge in [-0.1, -0.05) is 38.1 Å². The minimum absolute atomic E-state index is 0.0892. The first-order chi connectivity index (χ1) is 25.4. The van der Waals surface area contributed by atoms with Crippen molar-refractivity contribution >= 4 is 40.9 Å². The molecule has 3 heterocycles. The van der Waals surface area contributed by atoms with Crippen LogP contribution in [0.1, 0.15) is 66.7 Å². The molecule has 3 aromatic rings. The number of hydrogen-bond donors (Lipinski definition) is 4. The molecule has 0 saturated heterocycles. The van der Waals surface area contributed by atoms with Crippen LogP contribution in [0.15, 0.2) is 53.9 Å². The Hall–Kier alpha value is -4.98. The van der Waals surface area contributed by atoms with Gasteiger partial charge in [0, 0.05) is 24.8 Å². The van der Waals surface area contributed by atoms with Crippen LogP contribution in [0.5, 0.6) is 11.5 Å². The highest BCUT2D eigenvalue weighted by Crippen LogP contribution is 2.30. The zero-order valence-corrected chi connectivity index (χ0v) is 31.8. The lowest BCUT2D eigenvalue weighted by Crippen LogP contribution is -2.58. The van der Waals surface area contributed by atoms with E-state index in [-0.39, 0.29) is 49.6 Å². The maximum absolute atomic E-state index is 14.1. The Bertz CT molecular complexity index is 1740. The van der Waals surface area contributed by atoms with E-state index in [1.807, 2.05) is 12.1 Å². The zero-order chi connectivity index (χ0) is 38.1. The standard InChI is InChI=1S/C39H50N6O7S/c1-23(2)16-29-21-52-31-14-10-27(11-15-31)18-33(44-38(49)34-22-53-25(4)41-34)37(48)43-32(17-26-8-12-30(51-5)13-9-26)36(47)40-24(3)39(50)45(19-28-6-7-28)20-35(46)42-29/h8-15,22-24,28-29,32-33H,6-7,16-21H2,1-5H3,(H,40,47)(H,42,46)(H,43,48)(H,44,49)/t24-,29+,32+,33+/m1/s1. The van der Waals surface area contributed by atoms with E-state index in [0.29, 0.717) is 35.4 Å². The molecule has 0 spiro atoms. The van der Waals surface area contributed by atoms with E-state index in [1.165, 1.54) is 16.2 Å². The van der Waals surface area contributed by atoms with Gasteiger partial charge in [0.2, 0.25) is 23.6 Å². The van der Waals surface area contributed by atoms with Gasteiger partial charge in [0.1, 0.15) is 41.9 Å². The van der Waals surface area contributed by atoms with Crippen molar-refractivity contribution in [1.82, 2.24) is 31.2 Å². The minimum Gasteiger partial charge on any atom is -0.497 e. The topological polar surface area (TPSA) is 168 Å². The monoisotopic (exact) mass is 746 g/mol. The third-order valence-corrected chi connectivity index (χ3v) is 9.97. The van der Waals surface area contributed by atoms with E-state index in [1.54, 1.807) is 62.7 Å². The quantitative estimate of drug-likeness (QED) is 0.242. The van der Waals surface area contributed by atoms with E-state index in [2.05, 4.69) is 40.1 Å². The zero-order valence-electron chi connectivity index (χ0n) is 31.0. The Labute approximate surface area is 314 Å². The van der Waals surface area contributed by atoms with Gasteiger partial charge in [-0.2, -0.15) is 0 Å². The van der Waals surface area contributed by atoms with Crippen molar-refractivity contribution in [2.45, 2.75) is 84.0 Å². The van der Waals surface area contributed by atoms with Crippen LogP contribution < -0.4 is 30.7 Å². The highest BCUT2D eigenvalue weighted by atomic mass is 32.1. The molecule has 0 radical (unpaired) electrons. The van der Waals surface area contributed by atoms with Gasteiger partial charge in [-0.3, -0.25) is 24.0 Å². The molecule has 2 aromatic carbocycles. The number of thiazole rings is 1. The maximum Gasteiger partial charge on any atom is 0.271 e. The summed E-state index contributed by atoms with van der Waals surface area (Å²) in [7, 11) is 1.55. The van der Waals surface area contributed by atoms with Crippen LogP contribution in [0.3, 0.4) is 0 Å². The van der Waals surface area contributed by atoms with Crippen molar-refractivity contribution in [3.05, 3.63) is 75.7 Å². The smallest absolute Gasteiger partial charge is 0.271 e. The number of carbonyl (C=O) groups excluding carboxylic acids is 5. The molecule has 1 saturated carbocycles. The molecular weight excluding hydrogens is 697 g/mol. The van der Waals surface area contributed by atoms with Crippen LogP contribution in [0, 0.1) is 18.8 Å². The summed E-state index contributed by atoms with van der Waals surface area (Å²) in [6.07, 6.45) is 2.78. The Kier molecular flexibility index (Phi) is 13.5. The van der Waals surface area contributed by atoms with E-state index in [9.17, 15) is 24.0 Å². The molecule has 2 aliphatic heterocycles. The van der Waals surface area contributed by atoms with Crippen molar-refractivity contribution in [2.24, 2.45) is 11.8 Å². The number of rotatable bonds is 9. The van der Waals surface area contributed by atoms with E-state index in [0.717, 1.165) is 24.0 Å². The predicted octanol–water partition coefficient (Wildman–Crippen LogP) is 3.20. The van der Waals surface area contributed by atoms with Crippen molar-refractivity contribution in [3.8, 4) is 11.5 Å². The summed E-state index contributed by atoms with van der Waals surface area (Å²) in [6, 6.07) is 10.8. The van der Waals surface area contributed by atoms with Crippen LogP contribution in [0.25, 0.3) is 0 Å². The van der Waals surface area contributed by atoms with Gasteiger partial charge in [-0.05, 0) is 80.3 Å². The van der Waals surface area contributed by atoms with Crippen molar-refractivity contribution in [3.63, 3.8) is 0 Å². The number of aromatic nitrogens is 1. The summed E-state index contributed by atoms with van der Waals surface area (Å²) < 4.78 is 11.4. The highest BCUT2D eigenvalue weighted by Gasteiger charge is 2.34. The number of fused-ring (bicyclic) bond motifs is 17. The number of hydrogen-bond acceptors (Lipinski definition) is 9. The molecule has 1 aromatic heterocycles. The molecular formula is C39H50N6O7S. The molecule has 2 bridgehead atoms. The second kappa shape index (κ2) is 18.2. The number of methoxy groups -OCH3 is 1. The Balaban J connectivity index is 1.47. The first-order valence-corrected chi connectivity index (χ1v) is 19.0. The summed E-state index contributed by atoms with van der Waals surface area (Å²) in [5, 5.41) is 13.9. The molecule has 1 fully saturated rings. The van der Waals surface area contributed by atoms with Gasteiger partial charge in [0.05, 0.1) is 24.7 Å². The summed E-state index contributed by atoms with van der Waals surface area (Å²) in [5.74, 6) is -0.627. The first-order valence-electron chi connectivity index (χ1n) is 18.1. The lowest BCUT2D eigenvalue weighted by molar-refractivity contribution is -0.140. The fourth-order valence-corrected chi connectivity index (χ4v) is 6.81. The van der Waals surface area contributed by atoms with Gasteiger partial charge in [-0.15, -0.1) is 11.3 Å². The summed E-state index contributed by atoms with van der Waals surface area (Å²) in [6.45, 7) is 7.95. The lowest BCUT2D eigenvalue weighted by atomic mass is 10.0. The molecule has 13 nitrogen and oxygen atoms in total. The minimum atomic E-state index is -1.12. The molecule has 284 valence electrons. The number of ether oxygens (including phenoxy) is 2. The van der Waals surface area contributed by atoms with Gasteiger partial charge < -0.3 is 35.6 Å². The second-order valence-electron chi connectivity index (χ2n) is 14.3. The van der Waals surface area contributed by atoms with Crippen LogP contribution in [0.4, 0.5) is 0 Å². The fraction of sp³-hybridized carbons (Fsp3) is 0.487. The largest absolute Gasteiger partial charge is 0.497 e. The van der Waals surface area contributed by atoms with Crippen LogP contribution >= 0.6 is 11.3 Å². The second-order valence-corrected chi connectivity index (χ2v) is 15.4. The molecule has 1 aliphatic carbocycles. The molecule has 3 aliphatic rings. The average molecular weight is 747 g/mol. The summed E-state index contributed by atoms with van der Waals surface area (Å²) >= 11 is 1.32. The number of nitrogens with zero attached hydrogens (tertiary/aromatic N) is 2. The van der Waals surface area contributed by atoms with Crippen LogP contribution in [-0.2, 0) is 32.0 Å². The number of amides is 5. The Morgan fingerprint density at radius 3 is 2.36 bits per heavy atom. The van der Waals surface area contributed by atoms with Gasteiger partial charge >= 0.3 is 0 Å². The molecule has 4 atom stereocenters. The molecule has 5 amide bonds. The van der Waals surface area contributed by atoms with E-state index < -0.39 is 41.8 Å². The highest BCUT2D eigenvalue weighted by molar-refractivity contribution is 7.09. The van der Waals surface area contributed by atoms with Crippen LogP contribution in [0.2, 0.25) is 0 Å². The van der Waals surface area contributed by atoms with Crippen molar-refractivity contribution < 1.29 is 33.4 Å². The maximum atomic E-state index is 14.1. The third kappa shape index (κ3) is 11.8. The van der Waals surface area contributed by atoms with Crippen molar-refractivity contribution in [1.29, 1.82) is 0 Å². The number of carbonyl (C=O) groups is 5. The normalized spacial score (nSPS) is 22.0. The number of aryl methyl sites for hydroxylation is 1. The Morgan fingerprint density at radius 2 is 1.74 bits per heavy atom. The van der Waals surface area contributed by atoms with Gasteiger partial charge in [-0.25, -0.2) is 4.98 Å². The molecule has 4 N–H and O–H groups in total. The summed E-state index contributed by atoms with van der Waals surface area (Å²) in [5.41, 5.74) is 1.66. The molecule has 6 rings (SSSR count). The number of nitrogens with one attached hydrogen (secondary N) is 4. The van der Waals surface area contributed by atoms with Gasteiger partial charge in [0.15, 0.2) is 0 Å². The SMILES string of the molecule is COc1ccc(C[C@@H]2NC(=O)[C@@H](NC(=O)c3csc(C)n3)Cc3ccc(cc3)OC[C@H](CC(C)C)NC(=O)CN(CC3CC3)C(=O)[C@@H](C)NC2=O)cc1. The van der Waals surface area contributed by atoms with Crippen molar-refractivity contribution in [2.75, 3.05) is 26.8 Å². The third-order valence-electron chi connectivity index (χ3n) is 9.19. The van der Waals surface area contributed by atoms with E-state index in [4.69, 9.17) is 9.47 Å². The first kappa shape index (κ1) is 39.2. The number of benzene rings is 2. The van der Waals surface area contributed by atoms with Gasteiger partial charge in [0.25, 0.3) is 5.91 Å². The van der Waals surface area contributed by atoms with E-state index >= 15 is 0 Å². The Morgan fingerprint density at radius 1 is 1.02 bits per heavy atom. The predicted molar refractivity (Wildman–Crippen MR) is 201 cm³/mol. The molecule has 53 heavy (non-hydrogen) atoms. The van der Waals surface area contributed by atoms with Crippen LogP contribution in [-0.4, -0.2) is 90.4 Å². The lowest BCUT2D eigenvalue weighted by Gasteiger charge is -2.29. The molecule has 14 heteroatoms.